The zero-order valence-corrected chi connectivity index (χ0v) is 9.11. The van der Waals surface area contributed by atoms with Gasteiger partial charge < -0.3 is 15.4 Å². The quantitative estimate of drug-likeness (QED) is 0.704. The third-order valence-corrected chi connectivity index (χ3v) is 1.88. The van der Waals surface area contributed by atoms with Crippen LogP contribution >= 0.6 is 0 Å². The number of carbonyl (C=O) groups is 2. The summed E-state index contributed by atoms with van der Waals surface area (Å²) in [6.45, 7) is 0.0493. The van der Waals surface area contributed by atoms with E-state index in [4.69, 9.17) is 0 Å². The summed E-state index contributed by atoms with van der Waals surface area (Å²) in [6.07, 6.45) is 1.49. The molecule has 1 heterocycles. The van der Waals surface area contributed by atoms with Crippen molar-refractivity contribution in [2.24, 2.45) is 0 Å². The van der Waals surface area contributed by atoms with Crippen molar-refractivity contribution in [3.63, 3.8) is 0 Å². The Hall–Kier alpha value is -2.11. The fourth-order valence-electron chi connectivity index (χ4n) is 1.04. The molecule has 86 valence electrons. The predicted octanol–water partition coefficient (Wildman–Crippen LogP) is 0.0261. The average Bonchev–Trinajstić information content (AvgIpc) is 2.35. The Bertz CT molecular complexity index is 393. The molecule has 6 nitrogen and oxygen atoms in total. The van der Waals surface area contributed by atoms with Gasteiger partial charge in [0, 0.05) is 18.9 Å². The van der Waals surface area contributed by atoms with Crippen molar-refractivity contribution in [1.82, 2.24) is 10.3 Å². The lowest BCUT2D eigenvalue weighted by atomic mass is 10.3. The van der Waals surface area contributed by atoms with Gasteiger partial charge in [-0.2, -0.15) is 0 Å². The topological polar surface area (TPSA) is 80.3 Å². The summed E-state index contributed by atoms with van der Waals surface area (Å²) in [4.78, 5) is 26.0. The minimum absolute atomic E-state index is 0.0493. The first kappa shape index (κ1) is 12.0. The molecule has 1 rings (SSSR count). The number of esters is 1. The number of hydrogen-bond acceptors (Lipinski definition) is 5. The molecule has 2 N–H and O–H groups in total. The maximum atomic E-state index is 11.3. The van der Waals surface area contributed by atoms with Crippen LogP contribution in [0.4, 0.5) is 5.69 Å². The first-order valence-corrected chi connectivity index (χ1v) is 4.66. The van der Waals surface area contributed by atoms with E-state index in [9.17, 15) is 9.59 Å². The van der Waals surface area contributed by atoms with Gasteiger partial charge in [-0.3, -0.25) is 14.6 Å². The van der Waals surface area contributed by atoms with Gasteiger partial charge in [-0.05, 0) is 12.1 Å². The van der Waals surface area contributed by atoms with Gasteiger partial charge in [0.15, 0.2) is 0 Å². The lowest BCUT2D eigenvalue weighted by Gasteiger charge is -2.05. The number of nitrogens with zero attached hydrogens (tertiary/aromatic N) is 1. The molecule has 0 saturated carbocycles. The fourth-order valence-corrected chi connectivity index (χ4v) is 1.04. The number of nitrogens with one attached hydrogen (secondary N) is 2. The molecule has 1 aromatic heterocycles. The zero-order chi connectivity index (χ0) is 12.0. The SMILES string of the molecule is CNC(=O)c1cc(NCC(=O)OC)ccn1. The van der Waals surface area contributed by atoms with Crippen LogP contribution in [-0.4, -0.2) is 37.6 Å². The zero-order valence-electron chi connectivity index (χ0n) is 9.11. The molecule has 0 aliphatic rings. The molecule has 0 aromatic carbocycles. The van der Waals surface area contributed by atoms with Gasteiger partial charge in [0.05, 0.1) is 7.11 Å². The van der Waals surface area contributed by atoms with Gasteiger partial charge in [-0.1, -0.05) is 0 Å². The average molecular weight is 223 g/mol. The molecular weight excluding hydrogens is 210 g/mol. The van der Waals surface area contributed by atoms with Crippen molar-refractivity contribution in [1.29, 1.82) is 0 Å². The van der Waals surface area contributed by atoms with Gasteiger partial charge in [0.25, 0.3) is 5.91 Å². The summed E-state index contributed by atoms with van der Waals surface area (Å²) in [5.74, 6) is -0.653. The number of methoxy groups -OCH3 is 1. The summed E-state index contributed by atoms with van der Waals surface area (Å²) in [7, 11) is 2.84. The van der Waals surface area contributed by atoms with E-state index >= 15 is 0 Å². The third-order valence-electron chi connectivity index (χ3n) is 1.88. The molecule has 16 heavy (non-hydrogen) atoms. The smallest absolute Gasteiger partial charge is 0.325 e. The number of amides is 1. The summed E-state index contributed by atoms with van der Waals surface area (Å²) in [5, 5.41) is 5.28. The Morgan fingerprint density at radius 1 is 1.50 bits per heavy atom. The summed E-state index contributed by atoms with van der Waals surface area (Å²) < 4.78 is 4.47. The second kappa shape index (κ2) is 5.69. The molecule has 1 amide bonds. The van der Waals surface area contributed by atoms with Crippen molar-refractivity contribution >= 4 is 17.6 Å². The first-order valence-electron chi connectivity index (χ1n) is 4.66. The molecule has 1 aromatic rings. The van der Waals surface area contributed by atoms with Gasteiger partial charge >= 0.3 is 5.97 Å². The largest absolute Gasteiger partial charge is 0.468 e. The lowest BCUT2D eigenvalue weighted by Crippen LogP contribution is -2.20. The van der Waals surface area contributed by atoms with Gasteiger partial charge in [-0.15, -0.1) is 0 Å². The molecule has 0 bridgehead atoms. The number of rotatable bonds is 4. The van der Waals surface area contributed by atoms with Crippen molar-refractivity contribution < 1.29 is 14.3 Å². The monoisotopic (exact) mass is 223 g/mol. The number of carbonyl (C=O) groups excluding carboxylic acids is 2. The molecule has 0 aliphatic carbocycles. The molecule has 0 saturated heterocycles. The Labute approximate surface area is 93.0 Å². The molecule has 0 spiro atoms. The Kier molecular flexibility index (Phi) is 4.26. The number of ether oxygens (including phenoxy) is 1. The lowest BCUT2D eigenvalue weighted by molar-refractivity contribution is -0.138. The minimum Gasteiger partial charge on any atom is -0.468 e. The van der Waals surface area contributed by atoms with Crippen LogP contribution < -0.4 is 10.6 Å². The highest BCUT2D eigenvalue weighted by Crippen LogP contribution is 2.07. The van der Waals surface area contributed by atoms with Crippen molar-refractivity contribution in [2.75, 3.05) is 26.0 Å². The van der Waals surface area contributed by atoms with Gasteiger partial charge in [0.1, 0.15) is 12.2 Å². The normalized spacial score (nSPS) is 9.38. The highest BCUT2D eigenvalue weighted by Gasteiger charge is 2.06. The highest BCUT2D eigenvalue weighted by molar-refractivity contribution is 5.92. The van der Waals surface area contributed by atoms with Gasteiger partial charge in [-0.25, -0.2) is 0 Å². The molecule has 0 atom stereocenters. The second-order valence-electron chi connectivity index (χ2n) is 2.94. The molecule has 0 radical (unpaired) electrons. The van der Waals surface area contributed by atoms with Crippen LogP contribution in [0.25, 0.3) is 0 Å². The van der Waals surface area contributed by atoms with Crippen LogP contribution in [0.1, 0.15) is 10.5 Å². The van der Waals surface area contributed by atoms with E-state index in [0.29, 0.717) is 5.69 Å². The summed E-state index contributed by atoms with van der Waals surface area (Å²) in [6, 6.07) is 3.22. The van der Waals surface area contributed by atoms with Crippen LogP contribution in [0.3, 0.4) is 0 Å². The van der Waals surface area contributed by atoms with Crippen LogP contribution in [-0.2, 0) is 9.53 Å². The second-order valence-corrected chi connectivity index (χ2v) is 2.94. The number of pyridine rings is 1. The van der Waals surface area contributed by atoms with Crippen LogP contribution in [0.2, 0.25) is 0 Å². The van der Waals surface area contributed by atoms with Crippen molar-refractivity contribution in [3.8, 4) is 0 Å². The van der Waals surface area contributed by atoms with Gasteiger partial charge in [0.2, 0.25) is 0 Å². The maximum Gasteiger partial charge on any atom is 0.325 e. The Balaban J connectivity index is 2.67. The Morgan fingerprint density at radius 2 is 2.25 bits per heavy atom. The van der Waals surface area contributed by atoms with E-state index in [2.05, 4.69) is 20.4 Å². The van der Waals surface area contributed by atoms with E-state index < -0.39 is 0 Å². The molecule has 0 unspecified atom stereocenters. The predicted molar refractivity (Wildman–Crippen MR) is 58.1 cm³/mol. The Morgan fingerprint density at radius 3 is 2.88 bits per heavy atom. The van der Waals surface area contributed by atoms with Crippen molar-refractivity contribution in [2.45, 2.75) is 0 Å². The third kappa shape index (κ3) is 3.23. The number of aromatic nitrogens is 1. The van der Waals surface area contributed by atoms with Crippen LogP contribution in [0.5, 0.6) is 0 Å². The molecular formula is C10H13N3O3. The van der Waals surface area contributed by atoms with E-state index in [-0.39, 0.29) is 24.1 Å². The number of anilines is 1. The molecule has 0 fully saturated rings. The van der Waals surface area contributed by atoms with E-state index in [1.807, 2.05) is 0 Å². The highest BCUT2D eigenvalue weighted by atomic mass is 16.5. The van der Waals surface area contributed by atoms with E-state index in [1.54, 1.807) is 12.1 Å². The summed E-state index contributed by atoms with van der Waals surface area (Å²) in [5.41, 5.74) is 0.927. The van der Waals surface area contributed by atoms with Crippen LogP contribution in [0.15, 0.2) is 18.3 Å². The minimum atomic E-state index is -0.377. The van der Waals surface area contributed by atoms with E-state index in [0.717, 1.165) is 0 Å². The molecule has 0 aliphatic heterocycles. The van der Waals surface area contributed by atoms with E-state index in [1.165, 1.54) is 20.4 Å². The first-order chi connectivity index (χ1) is 7.67. The standard InChI is InChI=1S/C10H13N3O3/c1-11-10(15)8-5-7(3-4-12-8)13-6-9(14)16-2/h3-5H,6H2,1-2H3,(H,11,15)(H,12,13). The fraction of sp³-hybridized carbons (Fsp3) is 0.300. The van der Waals surface area contributed by atoms with Crippen LogP contribution in [0, 0.1) is 0 Å². The van der Waals surface area contributed by atoms with Crippen molar-refractivity contribution in [3.05, 3.63) is 24.0 Å². The molecule has 6 heteroatoms. The maximum absolute atomic E-state index is 11.3. The number of hydrogen-bond donors (Lipinski definition) is 2. The summed E-state index contributed by atoms with van der Waals surface area (Å²) >= 11 is 0.